The molecule has 6 nitrogen and oxygen atoms in total. The summed E-state index contributed by atoms with van der Waals surface area (Å²) in [5.74, 6) is 0.651. The van der Waals surface area contributed by atoms with Crippen LogP contribution in [0.2, 0.25) is 0 Å². The summed E-state index contributed by atoms with van der Waals surface area (Å²) in [7, 11) is 1.78. The van der Waals surface area contributed by atoms with E-state index in [1.54, 1.807) is 30.4 Å². The fourth-order valence-corrected chi connectivity index (χ4v) is 2.76. The van der Waals surface area contributed by atoms with E-state index in [9.17, 15) is 4.79 Å². The molecule has 0 aliphatic rings. The average molecular weight is 340 g/mol. The van der Waals surface area contributed by atoms with Crippen molar-refractivity contribution in [3.05, 3.63) is 60.4 Å². The first-order valence-corrected chi connectivity index (χ1v) is 8.35. The number of carbonyl (C=O) groups is 1. The van der Waals surface area contributed by atoms with Crippen molar-refractivity contribution in [3.63, 3.8) is 0 Å². The topological polar surface area (TPSA) is 72.1 Å². The van der Waals surface area contributed by atoms with Gasteiger partial charge in [-0.15, -0.1) is 10.2 Å². The highest BCUT2D eigenvalue weighted by atomic mass is 32.2. The van der Waals surface area contributed by atoms with E-state index in [1.807, 2.05) is 36.4 Å². The summed E-state index contributed by atoms with van der Waals surface area (Å²) in [5.41, 5.74) is 1.85. The summed E-state index contributed by atoms with van der Waals surface area (Å²) >= 11 is 1.23. The Bertz CT molecular complexity index is 793. The molecule has 0 spiro atoms. The second-order valence-corrected chi connectivity index (χ2v) is 6.07. The van der Waals surface area contributed by atoms with Crippen LogP contribution in [0.15, 0.2) is 64.5 Å². The molecule has 3 rings (SSSR count). The largest absolute Gasteiger partial charge is 0.411 e. The zero-order valence-electron chi connectivity index (χ0n) is 13.1. The highest BCUT2D eigenvalue weighted by Gasteiger charge is 2.14. The number of thioether (sulfide) groups is 1. The highest BCUT2D eigenvalue weighted by molar-refractivity contribution is 7.99. The van der Waals surface area contributed by atoms with Gasteiger partial charge in [0.25, 0.3) is 5.22 Å². The molecule has 0 fully saturated rings. The zero-order chi connectivity index (χ0) is 16.8. The first-order valence-electron chi connectivity index (χ1n) is 7.37. The van der Waals surface area contributed by atoms with Crippen LogP contribution >= 0.6 is 11.8 Å². The van der Waals surface area contributed by atoms with Crippen LogP contribution in [-0.2, 0) is 11.3 Å². The number of rotatable bonds is 6. The molecule has 1 amide bonds. The van der Waals surface area contributed by atoms with Crippen molar-refractivity contribution >= 4 is 17.7 Å². The molecule has 0 atom stereocenters. The van der Waals surface area contributed by atoms with Crippen molar-refractivity contribution in [2.75, 3.05) is 12.8 Å². The van der Waals surface area contributed by atoms with Crippen molar-refractivity contribution in [2.45, 2.75) is 11.8 Å². The van der Waals surface area contributed by atoms with E-state index in [1.165, 1.54) is 11.8 Å². The first kappa shape index (κ1) is 16.2. The van der Waals surface area contributed by atoms with Gasteiger partial charge in [-0.25, -0.2) is 0 Å². The molecule has 0 unspecified atom stereocenters. The third-order valence-electron chi connectivity index (χ3n) is 3.32. The number of pyridine rings is 1. The van der Waals surface area contributed by atoms with Crippen LogP contribution in [0, 0.1) is 0 Å². The van der Waals surface area contributed by atoms with E-state index >= 15 is 0 Å². The van der Waals surface area contributed by atoms with Gasteiger partial charge in [0.15, 0.2) is 0 Å². The zero-order valence-corrected chi connectivity index (χ0v) is 13.9. The predicted octanol–water partition coefficient (Wildman–Crippen LogP) is 2.88. The summed E-state index contributed by atoms with van der Waals surface area (Å²) < 4.78 is 5.55. The van der Waals surface area contributed by atoms with E-state index in [0.29, 0.717) is 17.7 Å². The fourth-order valence-electron chi connectivity index (χ4n) is 2.05. The Hall–Kier alpha value is -2.67. The molecule has 2 heterocycles. The molecule has 0 saturated carbocycles. The lowest BCUT2D eigenvalue weighted by Crippen LogP contribution is -2.27. The normalized spacial score (nSPS) is 10.5. The fraction of sp³-hybridized carbons (Fsp3) is 0.176. The van der Waals surface area contributed by atoms with E-state index in [-0.39, 0.29) is 11.7 Å². The maximum atomic E-state index is 12.2. The minimum Gasteiger partial charge on any atom is -0.411 e. The van der Waals surface area contributed by atoms with Crippen LogP contribution in [-0.4, -0.2) is 38.8 Å². The Kier molecular flexibility index (Phi) is 5.22. The summed E-state index contributed by atoms with van der Waals surface area (Å²) in [6, 6.07) is 13.5. The van der Waals surface area contributed by atoms with Crippen molar-refractivity contribution in [2.24, 2.45) is 0 Å². The molecule has 0 radical (unpaired) electrons. The van der Waals surface area contributed by atoms with Gasteiger partial charge in [0.05, 0.1) is 11.3 Å². The van der Waals surface area contributed by atoms with Crippen molar-refractivity contribution in [1.29, 1.82) is 0 Å². The molecule has 1 aromatic carbocycles. The lowest BCUT2D eigenvalue weighted by Gasteiger charge is -2.16. The molecule has 24 heavy (non-hydrogen) atoms. The Labute approximate surface area is 143 Å². The van der Waals surface area contributed by atoms with Gasteiger partial charge >= 0.3 is 0 Å². The molecule has 122 valence electrons. The molecule has 0 aliphatic carbocycles. The third kappa shape index (κ3) is 4.20. The summed E-state index contributed by atoms with van der Waals surface area (Å²) in [6.45, 7) is 0.574. The van der Waals surface area contributed by atoms with Gasteiger partial charge < -0.3 is 9.32 Å². The lowest BCUT2D eigenvalue weighted by molar-refractivity contribution is -0.127. The molecule has 7 heteroatoms. The number of aromatic nitrogens is 3. The Balaban J connectivity index is 1.54. The van der Waals surface area contributed by atoms with E-state index in [0.717, 1.165) is 11.1 Å². The Morgan fingerprint density at radius 2 is 2.00 bits per heavy atom. The second kappa shape index (κ2) is 7.74. The van der Waals surface area contributed by atoms with Crippen LogP contribution in [0.5, 0.6) is 0 Å². The minimum absolute atomic E-state index is 0.00461. The van der Waals surface area contributed by atoms with Gasteiger partial charge in [-0.3, -0.25) is 9.78 Å². The molecule has 0 bridgehead atoms. The maximum Gasteiger partial charge on any atom is 0.277 e. The molecule has 0 aliphatic heterocycles. The molecule has 2 aromatic heterocycles. The second-order valence-electron chi connectivity index (χ2n) is 5.14. The van der Waals surface area contributed by atoms with Gasteiger partial charge in [-0.05, 0) is 17.7 Å². The highest BCUT2D eigenvalue weighted by Crippen LogP contribution is 2.22. The quantitative estimate of drug-likeness (QED) is 0.643. The van der Waals surface area contributed by atoms with E-state index in [4.69, 9.17) is 4.42 Å². The van der Waals surface area contributed by atoms with Gasteiger partial charge in [-0.2, -0.15) is 0 Å². The van der Waals surface area contributed by atoms with Crippen LogP contribution in [0.25, 0.3) is 11.5 Å². The number of hydrogen-bond donors (Lipinski definition) is 0. The molecule has 0 saturated heterocycles. The van der Waals surface area contributed by atoms with Gasteiger partial charge in [0.1, 0.15) is 0 Å². The van der Waals surface area contributed by atoms with Crippen LogP contribution < -0.4 is 0 Å². The number of benzene rings is 1. The van der Waals surface area contributed by atoms with Gasteiger partial charge in [0.2, 0.25) is 11.8 Å². The van der Waals surface area contributed by atoms with Gasteiger partial charge in [-0.1, -0.05) is 42.1 Å². The SMILES string of the molecule is CN(Cc1ccccc1)C(=O)CSc1nnc(-c2cccnc2)o1. The minimum atomic E-state index is 0.00461. The van der Waals surface area contributed by atoms with Crippen LogP contribution in [0.4, 0.5) is 0 Å². The smallest absolute Gasteiger partial charge is 0.277 e. The predicted molar refractivity (Wildman–Crippen MR) is 91.2 cm³/mol. The summed E-state index contributed by atoms with van der Waals surface area (Å²) in [5, 5.41) is 8.30. The van der Waals surface area contributed by atoms with Crippen LogP contribution in [0.3, 0.4) is 0 Å². The number of nitrogens with zero attached hydrogens (tertiary/aromatic N) is 4. The maximum absolute atomic E-state index is 12.2. The van der Waals surface area contributed by atoms with E-state index in [2.05, 4.69) is 15.2 Å². The summed E-state index contributed by atoms with van der Waals surface area (Å²) in [6.07, 6.45) is 3.33. The number of amides is 1. The number of hydrogen-bond acceptors (Lipinski definition) is 6. The third-order valence-corrected chi connectivity index (χ3v) is 4.13. The van der Waals surface area contributed by atoms with Crippen molar-refractivity contribution < 1.29 is 9.21 Å². The van der Waals surface area contributed by atoms with Gasteiger partial charge in [0, 0.05) is 26.0 Å². The number of carbonyl (C=O) groups excluding carboxylic acids is 1. The Morgan fingerprint density at radius 1 is 1.17 bits per heavy atom. The summed E-state index contributed by atoms with van der Waals surface area (Å²) in [4.78, 5) is 17.9. The molecule has 3 aromatic rings. The van der Waals surface area contributed by atoms with Crippen molar-refractivity contribution in [1.82, 2.24) is 20.1 Å². The van der Waals surface area contributed by atoms with E-state index < -0.39 is 0 Å². The first-order chi connectivity index (χ1) is 11.7. The lowest BCUT2D eigenvalue weighted by atomic mass is 10.2. The monoisotopic (exact) mass is 340 g/mol. The molecular formula is C17H16N4O2S. The molecule has 0 N–H and O–H groups in total. The Morgan fingerprint density at radius 3 is 2.75 bits per heavy atom. The standard InChI is InChI=1S/C17H16N4O2S/c1-21(11-13-6-3-2-4-7-13)15(22)12-24-17-20-19-16(23-17)14-8-5-9-18-10-14/h2-10H,11-12H2,1H3. The average Bonchev–Trinajstić information content (AvgIpc) is 3.10. The van der Waals surface area contributed by atoms with Crippen molar-refractivity contribution in [3.8, 4) is 11.5 Å². The van der Waals surface area contributed by atoms with Crippen LogP contribution in [0.1, 0.15) is 5.56 Å². The molecular weight excluding hydrogens is 324 g/mol.